The lowest BCUT2D eigenvalue weighted by molar-refractivity contribution is -0.0312. The van der Waals surface area contributed by atoms with Gasteiger partial charge in [0, 0.05) is 6.61 Å². The van der Waals surface area contributed by atoms with Crippen molar-refractivity contribution in [1.29, 1.82) is 0 Å². The van der Waals surface area contributed by atoms with Crippen molar-refractivity contribution < 1.29 is 9.84 Å². The van der Waals surface area contributed by atoms with Crippen LogP contribution in [0, 0.1) is 5.92 Å². The molecule has 1 N–H and O–H groups in total. The molecule has 48 valence electrons. The molecule has 0 bridgehead atoms. The third-order valence-corrected chi connectivity index (χ3v) is 1.39. The maximum absolute atomic E-state index is 8.95. The number of hydrogen-bond acceptors (Lipinski definition) is 2. The van der Waals surface area contributed by atoms with E-state index in [9.17, 15) is 0 Å². The minimum Gasteiger partial charge on any atom is -0.391 e. The Kier molecular flexibility index (Phi) is 1.86. The average Bonchev–Trinajstić information content (AvgIpc) is 1.64. The molecule has 1 heterocycles. The van der Waals surface area contributed by atoms with E-state index in [-0.39, 0.29) is 6.10 Å². The van der Waals surface area contributed by atoms with E-state index in [1.54, 1.807) is 0 Å². The van der Waals surface area contributed by atoms with Crippen molar-refractivity contribution in [3.05, 3.63) is 0 Å². The maximum Gasteiger partial charge on any atom is 0.0777 e. The number of aliphatic hydroxyl groups is 1. The Morgan fingerprint density at radius 2 is 2.25 bits per heavy atom. The summed E-state index contributed by atoms with van der Waals surface area (Å²) in [5.74, 6) is 0.541. The fourth-order valence-electron chi connectivity index (χ4n) is 1.01. The van der Waals surface area contributed by atoms with E-state index in [2.05, 4.69) is 6.92 Å². The summed E-state index contributed by atoms with van der Waals surface area (Å²) in [5.41, 5.74) is 0. The topological polar surface area (TPSA) is 29.5 Å². The van der Waals surface area contributed by atoms with Crippen LogP contribution in [-0.4, -0.2) is 24.4 Å². The van der Waals surface area contributed by atoms with Gasteiger partial charge in [-0.1, -0.05) is 6.92 Å². The molecule has 0 aromatic rings. The van der Waals surface area contributed by atoms with Gasteiger partial charge in [-0.05, 0) is 12.3 Å². The fourth-order valence-corrected chi connectivity index (χ4v) is 1.01. The molecule has 1 aliphatic rings. The molecule has 0 unspecified atom stereocenters. The Morgan fingerprint density at radius 1 is 1.50 bits per heavy atom. The Labute approximate surface area is 49.5 Å². The lowest BCUT2D eigenvalue weighted by Gasteiger charge is -2.22. The molecule has 0 spiro atoms. The molecule has 1 rings (SSSR count). The largest absolute Gasteiger partial charge is 0.391 e. The SMILES string of the molecule is C[C@H]1COC[C@H](O)C1. The van der Waals surface area contributed by atoms with Crippen molar-refractivity contribution in [2.45, 2.75) is 19.4 Å². The molecule has 1 fully saturated rings. The number of hydrogen-bond donors (Lipinski definition) is 1. The van der Waals surface area contributed by atoms with Gasteiger partial charge in [-0.3, -0.25) is 0 Å². The van der Waals surface area contributed by atoms with Crippen LogP contribution in [0.25, 0.3) is 0 Å². The quantitative estimate of drug-likeness (QED) is 0.496. The molecule has 0 aromatic carbocycles. The molecule has 0 saturated carbocycles. The fraction of sp³-hybridized carbons (Fsp3) is 1.00. The smallest absolute Gasteiger partial charge is 0.0777 e. The summed E-state index contributed by atoms with van der Waals surface area (Å²) in [6.45, 7) is 3.43. The minimum atomic E-state index is -0.209. The van der Waals surface area contributed by atoms with Gasteiger partial charge in [0.15, 0.2) is 0 Å². The zero-order chi connectivity index (χ0) is 5.98. The second kappa shape index (κ2) is 2.46. The summed E-state index contributed by atoms with van der Waals surface area (Å²) in [7, 11) is 0. The van der Waals surface area contributed by atoms with Crippen molar-refractivity contribution in [3.8, 4) is 0 Å². The highest BCUT2D eigenvalue weighted by Gasteiger charge is 2.15. The van der Waals surface area contributed by atoms with Gasteiger partial charge in [0.1, 0.15) is 0 Å². The van der Waals surface area contributed by atoms with Crippen LogP contribution in [0.3, 0.4) is 0 Å². The first-order chi connectivity index (χ1) is 3.79. The number of rotatable bonds is 0. The molecular formula is C6H12O2. The van der Waals surface area contributed by atoms with Crippen molar-refractivity contribution in [2.24, 2.45) is 5.92 Å². The van der Waals surface area contributed by atoms with Gasteiger partial charge >= 0.3 is 0 Å². The molecule has 1 saturated heterocycles. The highest BCUT2D eigenvalue weighted by Crippen LogP contribution is 2.11. The van der Waals surface area contributed by atoms with Crippen LogP contribution in [0.15, 0.2) is 0 Å². The van der Waals surface area contributed by atoms with Gasteiger partial charge in [0.25, 0.3) is 0 Å². The van der Waals surface area contributed by atoms with Gasteiger partial charge in [0.2, 0.25) is 0 Å². The monoisotopic (exact) mass is 116 g/mol. The van der Waals surface area contributed by atoms with E-state index in [0.717, 1.165) is 13.0 Å². The standard InChI is InChI=1S/C6H12O2/c1-5-2-6(7)4-8-3-5/h5-7H,2-4H2,1H3/t5-,6-/m1/s1. The zero-order valence-corrected chi connectivity index (χ0v) is 5.13. The molecule has 8 heavy (non-hydrogen) atoms. The van der Waals surface area contributed by atoms with Crippen LogP contribution < -0.4 is 0 Å². The van der Waals surface area contributed by atoms with Gasteiger partial charge in [0.05, 0.1) is 12.7 Å². The van der Waals surface area contributed by atoms with Crippen molar-refractivity contribution in [3.63, 3.8) is 0 Å². The molecule has 2 atom stereocenters. The Hall–Kier alpha value is -0.0800. The summed E-state index contributed by atoms with van der Waals surface area (Å²) in [6.07, 6.45) is 0.693. The minimum absolute atomic E-state index is 0.209. The first kappa shape index (κ1) is 6.05. The number of aliphatic hydroxyl groups excluding tert-OH is 1. The molecule has 2 nitrogen and oxygen atoms in total. The average molecular weight is 116 g/mol. The molecule has 1 aliphatic heterocycles. The first-order valence-corrected chi connectivity index (χ1v) is 3.05. The normalized spacial score (nSPS) is 39.8. The molecule has 0 amide bonds. The van der Waals surface area contributed by atoms with Crippen molar-refractivity contribution in [2.75, 3.05) is 13.2 Å². The van der Waals surface area contributed by atoms with Gasteiger partial charge in [-0.15, -0.1) is 0 Å². The van der Waals surface area contributed by atoms with E-state index in [1.807, 2.05) is 0 Å². The van der Waals surface area contributed by atoms with Crippen LogP contribution in [0.4, 0.5) is 0 Å². The van der Waals surface area contributed by atoms with Gasteiger partial charge < -0.3 is 9.84 Å². The number of ether oxygens (including phenoxy) is 1. The van der Waals surface area contributed by atoms with Crippen LogP contribution in [0.1, 0.15) is 13.3 Å². The summed E-state index contributed by atoms with van der Waals surface area (Å²) in [4.78, 5) is 0. The Morgan fingerprint density at radius 3 is 2.62 bits per heavy atom. The third kappa shape index (κ3) is 1.46. The van der Waals surface area contributed by atoms with Crippen LogP contribution in [0.5, 0.6) is 0 Å². The van der Waals surface area contributed by atoms with Gasteiger partial charge in [-0.2, -0.15) is 0 Å². The first-order valence-electron chi connectivity index (χ1n) is 3.05. The summed E-state index contributed by atoms with van der Waals surface area (Å²) < 4.78 is 5.04. The predicted octanol–water partition coefficient (Wildman–Crippen LogP) is 0.404. The van der Waals surface area contributed by atoms with Crippen LogP contribution >= 0.6 is 0 Å². The second-order valence-corrected chi connectivity index (χ2v) is 2.53. The van der Waals surface area contributed by atoms with E-state index in [1.165, 1.54) is 0 Å². The molecule has 0 aliphatic carbocycles. The van der Waals surface area contributed by atoms with E-state index >= 15 is 0 Å². The van der Waals surface area contributed by atoms with Gasteiger partial charge in [-0.25, -0.2) is 0 Å². The second-order valence-electron chi connectivity index (χ2n) is 2.53. The molecule has 0 radical (unpaired) electrons. The summed E-state index contributed by atoms with van der Waals surface area (Å²) in [6, 6.07) is 0. The lowest BCUT2D eigenvalue weighted by Crippen LogP contribution is -2.27. The Balaban J connectivity index is 2.23. The highest BCUT2D eigenvalue weighted by atomic mass is 16.5. The zero-order valence-electron chi connectivity index (χ0n) is 5.13. The summed E-state index contributed by atoms with van der Waals surface area (Å²) >= 11 is 0. The molecule has 2 heteroatoms. The summed E-state index contributed by atoms with van der Waals surface area (Å²) in [5, 5.41) is 8.95. The predicted molar refractivity (Wildman–Crippen MR) is 30.6 cm³/mol. The molecular weight excluding hydrogens is 104 g/mol. The lowest BCUT2D eigenvalue weighted by atomic mass is 10.0. The highest BCUT2D eigenvalue weighted by molar-refractivity contribution is 4.64. The third-order valence-electron chi connectivity index (χ3n) is 1.39. The Bertz CT molecular complexity index is 64.9. The van der Waals surface area contributed by atoms with Crippen LogP contribution in [-0.2, 0) is 4.74 Å². The van der Waals surface area contributed by atoms with Crippen molar-refractivity contribution >= 4 is 0 Å². The van der Waals surface area contributed by atoms with E-state index < -0.39 is 0 Å². The van der Waals surface area contributed by atoms with Crippen molar-refractivity contribution in [1.82, 2.24) is 0 Å². The van der Waals surface area contributed by atoms with E-state index in [4.69, 9.17) is 9.84 Å². The maximum atomic E-state index is 8.95. The van der Waals surface area contributed by atoms with E-state index in [0.29, 0.717) is 12.5 Å². The molecule has 0 aromatic heterocycles. The van der Waals surface area contributed by atoms with Crippen LogP contribution in [0.2, 0.25) is 0 Å².